The summed E-state index contributed by atoms with van der Waals surface area (Å²) in [7, 11) is -1.58. The normalized spacial score (nSPS) is 21.1. The summed E-state index contributed by atoms with van der Waals surface area (Å²) < 4.78 is -3.57. The molecule has 0 aliphatic rings. The van der Waals surface area contributed by atoms with Crippen LogP contribution < -0.4 is 0 Å². The molecule has 0 aliphatic heterocycles. The van der Waals surface area contributed by atoms with E-state index in [1.54, 1.807) is 0 Å². The zero-order valence-corrected chi connectivity index (χ0v) is 24.2. The molecule has 0 N–H and O–H groups in total. The third-order valence-corrected chi connectivity index (χ3v) is 108. The molecule has 0 aromatic rings. The highest BCUT2D eigenvalue weighted by atomic mass is 80.0. The third-order valence-electron chi connectivity index (χ3n) is 5.18. The van der Waals surface area contributed by atoms with Gasteiger partial charge in [-0.1, -0.05) is 107 Å². The van der Waals surface area contributed by atoms with E-state index in [0.717, 1.165) is 16.6 Å². The third kappa shape index (κ3) is 4.17. The summed E-state index contributed by atoms with van der Waals surface area (Å²) in [4.78, 5) is 0. The van der Waals surface area contributed by atoms with Crippen LogP contribution in [0.3, 0.4) is 0 Å². The first-order valence-corrected chi connectivity index (χ1v) is 26.9. The predicted molar refractivity (Wildman–Crippen MR) is 121 cm³/mol. The van der Waals surface area contributed by atoms with Crippen molar-refractivity contribution >= 4 is 91.9 Å². The average molecular weight is 655 g/mol. The Morgan fingerprint density at radius 3 is 1.05 bits per heavy atom. The van der Waals surface area contributed by atoms with Crippen LogP contribution in [0.2, 0.25) is 16.6 Å². The van der Waals surface area contributed by atoms with Crippen molar-refractivity contribution in [2.75, 3.05) is 0 Å². The van der Waals surface area contributed by atoms with Crippen molar-refractivity contribution in [2.24, 2.45) is 0 Å². The van der Waals surface area contributed by atoms with E-state index in [1.807, 2.05) is 0 Å². The summed E-state index contributed by atoms with van der Waals surface area (Å²) in [6.07, 6.45) is 3.85. The zero-order valence-electron chi connectivity index (χ0n) is 13.2. The molecule has 0 saturated heterocycles. The van der Waals surface area contributed by atoms with Crippen LogP contribution in [0.15, 0.2) is 0 Å². The number of hydrogen-bond acceptors (Lipinski definition) is 0. The second-order valence-corrected chi connectivity index (χ2v) is 69.7. The van der Waals surface area contributed by atoms with Crippen LogP contribution in [0.5, 0.6) is 0 Å². The Labute approximate surface area is 167 Å². The molecule has 0 aromatic carbocycles. The molecule has 0 heterocycles. The van der Waals surface area contributed by atoms with Crippen molar-refractivity contribution in [1.82, 2.24) is 0 Å². The summed E-state index contributed by atoms with van der Waals surface area (Å²) in [5.41, 5.74) is 2.45. The Morgan fingerprint density at radius 1 is 0.650 bits per heavy atom. The molecular weight excluding hydrogens is 628 g/mol. The molecule has 3 unspecified atom stereocenters. The molecule has 8 heteroatoms. The van der Waals surface area contributed by atoms with Crippen LogP contribution >= 0.6 is 76.5 Å². The predicted octanol–water partition coefficient (Wildman–Crippen LogP) is 8.35. The van der Waals surface area contributed by atoms with Crippen LogP contribution in [0.25, 0.3) is 0 Å². The van der Waals surface area contributed by atoms with Crippen molar-refractivity contribution < 1.29 is 0 Å². The number of halogens is 5. The fourth-order valence-electron chi connectivity index (χ4n) is 3.64. The Kier molecular flexibility index (Phi) is 10.3. The van der Waals surface area contributed by atoms with Crippen molar-refractivity contribution in [2.45, 2.75) is 77.4 Å². The maximum absolute atomic E-state index is 4.29. The lowest BCUT2D eigenvalue weighted by Gasteiger charge is -2.54. The van der Waals surface area contributed by atoms with Gasteiger partial charge in [-0.15, -0.1) is 30.6 Å². The standard InChI is InChI=1S/C12H27Br5Si3/c1-7-10(4)18(11(5)8-2,12(6)9-3)20(16,17)19(13,14)15/h10-12H,7-9H2,1-6H3. The van der Waals surface area contributed by atoms with E-state index < -0.39 is 15.4 Å². The lowest BCUT2D eigenvalue weighted by molar-refractivity contribution is 0.709. The second kappa shape index (κ2) is 8.95. The van der Waals surface area contributed by atoms with E-state index in [2.05, 4.69) is 118 Å². The summed E-state index contributed by atoms with van der Waals surface area (Å²) in [6.45, 7) is 14.6. The van der Waals surface area contributed by atoms with Gasteiger partial charge in [0.2, 0.25) is 4.35 Å². The Hall–Kier alpha value is 3.05. The van der Waals surface area contributed by atoms with Crippen LogP contribution in [-0.4, -0.2) is 15.4 Å². The van der Waals surface area contributed by atoms with Gasteiger partial charge in [-0.3, -0.25) is 0 Å². The summed E-state index contributed by atoms with van der Waals surface area (Å²) in [5, 5.41) is 0. The number of rotatable bonds is 8. The molecular formula is C12H27Br5Si3. The topological polar surface area (TPSA) is 0 Å². The Morgan fingerprint density at radius 2 is 0.900 bits per heavy atom. The van der Waals surface area contributed by atoms with E-state index >= 15 is 0 Å². The molecule has 0 nitrogen and oxygen atoms in total. The van der Waals surface area contributed by atoms with Crippen LogP contribution in [-0.2, 0) is 0 Å². The van der Waals surface area contributed by atoms with Crippen LogP contribution in [0, 0.1) is 0 Å². The van der Waals surface area contributed by atoms with Crippen molar-refractivity contribution in [1.29, 1.82) is 0 Å². The van der Waals surface area contributed by atoms with E-state index in [-0.39, 0.29) is 0 Å². The maximum atomic E-state index is 4.29. The summed E-state index contributed by atoms with van der Waals surface area (Å²) in [6, 6.07) is 0. The monoisotopic (exact) mass is 650 g/mol. The minimum atomic E-state index is -1.79. The quantitative estimate of drug-likeness (QED) is 0.182. The van der Waals surface area contributed by atoms with Crippen molar-refractivity contribution in [3.63, 3.8) is 0 Å². The minimum absolute atomic E-state index is 0.817. The lowest BCUT2D eigenvalue weighted by Crippen LogP contribution is -2.70. The van der Waals surface area contributed by atoms with Gasteiger partial charge in [-0.2, -0.15) is 0 Å². The molecule has 0 aromatic heterocycles. The molecule has 0 bridgehead atoms. The van der Waals surface area contributed by atoms with E-state index in [4.69, 9.17) is 0 Å². The molecule has 20 heavy (non-hydrogen) atoms. The van der Waals surface area contributed by atoms with Gasteiger partial charge in [-0.05, 0) is 16.6 Å². The number of hydrogen-bond donors (Lipinski definition) is 0. The highest BCUT2D eigenvalue weighted by molar-refractivity contribution is 9.81. The first kappa shape index (κ1) is 23.1. The molecule has 0 saturated carbocycles. The lowest BCUT2D eigenvalue weighted by atomic mass is 10.3. The second-order valence-electron chi connectivity index (χ2n) is 5.93. The molecule has 0 rings (SSSR count). The molecule has 0 radical (unpaired) electrons. The van der Waals surface area contributed by atoms with Crippen molar-refractivity contribution in [3.05, 3.63) is 0 Å². The fraction of sp³-hybridized carbons (Fsp3) is 1.00. The summed E-state index contributed by atoms with van der Waals surface area (Å²) in [5.74, 6) is 0. The first-order valence-electron chi connectivity index (χ1n) is 7.39. The van der Waals surface area contributed by atoms with Gasteiger partial charge in [0, 0.05) is 0 Å². The van der Waals surface area contributed by atoms with Gasteiger partial charge in [-0.25, -0.2) is 0 Å². The van der Waals surface area contributed by atoms with Gasteiger partial charge in [0.15, 0.2) is 0 Å². The van der Waals surface area contributed by atoms with Gasteiger partial charge in [0.05, 0.1) is 7.59 Å². The van der Waals surface area contributed by atoms with E-state index in [0.29, 0.717) is 0 Å². The molecule has 122 valence electrons. The fourth-order valence-corrected chi connectivity index (χ4v) is 79.8. The Bertz CT molecular complexity index is 279. The van der Waals surface area contributed by atoms with Gasteiger partial charge < -0.3 is 0 Å². The maximum Gasteiger partial charge on any atom is 0.276 e. The van der Waals surface area contributed by atoms with Gasteiger partial charge in [0.1, 0.15) is 0 Å². The van der Waals surface area contributed by atoms with Crippen LogP contribution in [0.4, 0.5) is 0 Å². The molecule has 0 amide bonds. The first-order chi connectivity index (χ1) is 8.94. The van der Waals surface area contributed by atoms with E-state index in [9.17, 15) is 0 Å². The smallest absolute Gasteiger partial charge is 0.115 e. The van der Waals surface area contributed by atoms with Crippen molar-refractivity contribution in [3.8, 4) is 0 Å². The zero-order chi connectivity index (χ0) is 16.4. The molecule has 0 spiro atoms. The van der Waals surface area contributed by atoms with E-state index in [1.165, 1.54) is 19.3 Å². The van der Waals surface area contributed by atoms with Gasteiger partial charge in [0.25, 0.3) is 3.45 Å². The minimum Gasteiger partial charge on any atom is -0.115 e. The SMILES string of the molecule is CCC(C)[Si](C(C)CC)(C(C)CC)[Si](Br)(Br)[Si](Br)(Br)Br. The molecule has 0 aliphatic carbocycles. The molecule has 3 atom stereocenters. The average Bonchev–Trinajstić information content (AvgIpc) is 2.36. The largest absolute Gasteiger partial charge is 0.276 e. The Balaban J connectivity index is 6.27. The summed E-state index contributed by atoms with van der Waals surface area (Å²) >= 11 is 20.6. The van der Waals surface area contributed by atoms with Gasteiger partial charge >= 0.3 is 0 Å². The van der Waals surface area contributed by atoms with Crippen LogP contribution in [0.1, 0.15) is 60.8 Å². The highest BCUT2D eigenvalue weighted by Gasteiger charge is 2.68. The highest BCUT2D eigenvalue weighted by Crippen LogP contribution is 2.61. The molecule has 0 fully saturated rings.